The zero-order valence-electron chi connectivity index (χ0n) is 16.9. The van der Waals surface area contributed by atoms with Gasteiger partial charge in [-0.3, -0.25) is 4.98 Å². The maximum atomic E-state index is 14.5. The molecule has 4 nitrogen and oxygen atoms in total. The van der Waals surface area contributed by atoms with Crippen molar-refractivity contribution in [3.8, 4) is 17.1 Å². The second kappa shape index (κ2) is 8.55. The second-order valence-corrected chi connectivity index (χ2v) is 8.11. The van der Waals surface area contributed by atoms with Gasteiger partial charge in [-0.05, 0) is 31.4 Å². The molecule has 0 saturated carbocycles. The molecule has 0 aliphatic carbocycles. The molecule has 2 N–H and O–H groups in total. The van der Waals surface area contributed by atoms with Crippen LogP contribution in [0.15, 0.2) is 36.5 Å². The van der Waals surface area contributed by atoms with Gasteiger partial charge in [-0.25, -0.2) is 22.5 Å². The summed E-state index contributed by atoms with van der Waals surface area (Å²) in [5, 5.41) is -0.00719. The SMILES string of the molecule is CC(C)CC(C)(N)COc1cc(C(F)F)cc(-c2ccnc3cc(F)cc(F)c23)n1. The normalized spacial score (nSPS) is 13.8. The quantitative estimate of drug-likeness (QED) is 0.501. The molecule has 3 rings (SSSR count). The summed E-state index contributed by atoms with van der Waals surface area (Å²) in [7, 11) is 0. The molecule has 2 aromatic heterocycles. The highest BCUT2D eigenvalue weighted by Gasteiger charge is 2.23. The van der Waals surface area contributed by atoms with Gasteiger partial charge >= 0.3 is 0 Å². The first-order chi connectivity index (χ1) is 14.1. The lowest BCUT2D eigenvalue weighted by Gasteiger charge is -2.26. The van der Waals surface area contributed by atoms with E-state index in [1.165, 1.54) is 12.3 Å². The average Bonchev–Trinajstić information content (AvgIpc) is 2.64. The molecule has 0 radical (unpaired) electrons. The first-order valence-corrected chi connectivity index (χ1v) is 9.52. The number of halogens is 4. The molecule has 160 valence electrons. The van der Waals surface area contributed by atoms with Crippen LogP contribution in [0.2, 0.25) is 0 Å². The first kappa shape index (κ1) is 22.0. The van der Waals surface area contributed by atoms with Gasteiger partial charge in [0, 0.05) is 46.4 Å². The van der Waals surface area contributed by atoms with E-state index in [9.17, 15) is 17.6 Å². The summed E-state index contributed by atoms with van der Waals surface area (Å²) in [6, 6.07) is 5.52. The van der Waals surface area contributed by atoms with Crippen molar-refractivity contribution in [2.24, 2.45) is 11.7 Å². The fraction of sp³-hybridized carbons (Fsp3) is 0.364. The van der Waals surface area contributed by atoms with Crippen molar-refractivity contribution in [2.75, 3.05) is 6.61 Å². The molecule has 8 heteroatoms. The molecule has 0 aliphatic rings. The van der Waals surface area contributed by atoms with Crippen molar-refractivity contribution in [3.63, 3.8) is 0 Å². The van der Waals surface area contributed by atoms with Crippen LogP contribution in [-0.2, 0) is 0 Å². The lowest BCUT2D eigenvalue weighted by Crippen LogP contribution is -2.43. The largest absolute Gasteiger partial charge is 0.476 e. The van der Waals surface area contributed by atoms with Gasteiger partial charge in [0.1, 0.15) is 18.2 Å². The molecule has 0 bridgehead atoms. The number of hydrogen-bond donors (Lipinski definition) is 1. The Bertz CT molecular complexity index is 1050. The van der Waals surface area contributed by atoms with Crippen LogP contribution in [0.4, 0.5) is 17.6 Å². The molecule has 1 atom stereocenters. The summed E-state index contributed by atoms with van der Waals surface area (Å²) in [6.07, 6.45) is -0.780. The van der Waals surface area contributed by atoms with E-state index in [0.717, 1.165) is 18.2 Å². The number of rotatable bonds is 7. The van der Waals surface area contributed by atoms with E-state index in [2.05, 4.69) is 9.97 Å². The second-order valence-electron chi connectivity index (χ2n) is 8.11. The number of pyridine rings is 2. The fourth-order valence-electron chi connectivity index (χ4n) is 3.51. The summed E-state index contributed by atoms with van der Waals surface area (Å²) in [4.78, 5) is 8.24. The van der Waals surface area contributed by atoms with Crippen LogP contribution >= 0.6 is 0 Å². The van der Waals surface area contributed by atoms with Crippen molar-refractivity contribution >= 4 is 10.9 Å². The predicted octanol–water partition coefficient (Wildman–Crippen LogP) is 5.65. The highest BCUT2D eigenvalue weighted by atomic mass is 19.3. The first-order valence-electron chi connectivity index (χ1n) is 9.52. The standard InChI is InChI=1S/C22H23F4N3O/c1-12(2)10-22(3,27)11-30-19-7-13(21(25)26)6-17(29-19)15-4-5-28-18-9-14(23)8-16(24)20(15)18/h4-9,12,21H,10-11,27H2,1-3H3. The van der Waals surface area contributed by atoms with Gasteiger partial charge in [0.2, 0.25) is 5.88 Å². The number of alkyl halides is 2. The molecule has 3 aromatic rings. The van der Waals surface area contributed by atoms with Gasteiger partial charge in [0.15, 0.2) is 0 Å². The number of ether oxygens (including phenoxy) is 1. The van der Waals surface area contributed by atoms with Crippen molar-refractivity contribution < 1.29 is 22.3 Å². The minimum absolute atomic E-state index is 0.00719. The van der Waals surface area contributed by atoms with Crippen molar-refractivity contribution in [1.29, 1.82) is 0 Å². The number of nitrogens with zero attached hydrogens (tertiary/aromatic N) is 2. The van der Waals surface area contributed by atoms with E-state index in [-0.39, 0.29) is 40.2 Å². The van der Waals surface area contributed by atoms with E-state index >= 15 is 0 Å². The summed E-state index contributed by atoms with van der Waals surface area (Å²) in [5.74, 6) is -1.36. The Morgan fingerprint density at radius 1 is 1.13 bits per heavy atom. The highest BCUT2D eigenvalue weighted by Crippen LogP contribution is 2.33. The average molecular weight is 421 g/mol. The van der Waals surface area contributed by atoms with E-state index in [1.54, 1.807) is 0 Å². The summed E-state index contributed by atoms with van der Waals surface area (Å²) in [6.45, 7) is 5.92. The van der Waals surface area contributed by atoms with E-state index in [4.69, 9.17) is 10.5 Å². The van der Waals surface area contributed by atoms with Crippen LogP contribution in [0.5, 0.6) is 5.88 Å². The van der Waals surface area contributed by atoms with Gasteiger partial charge in [-0.2, -0.15) is 0 Å². The third-order valence-electron chi connectivity index (χ3n) is 4.53. The van der Waals surface area contributed by atoms with Gasteiger partial charge in [0.05, 0.1) is 11.2 Å². The van der Waals surface area contributed by atoms with Gasteiger partial charge in [-0.1, -0.05) is 13.8 Å². The Kier molecular flexibility index (Phi) is 6.26. The van der Waals surface area contributed by atoms with E-state index in [1.807, 2.05) is 20.8 Å². The molecule has 2 heterocycles. The number of fused-ring (bicyclic) bond motifs is 1. The Balaban J connectivity index is 2.05. The van der Waals surface area contributed by atoms with Gasteiger partial charge in [0.25, 0.3) is 6.43 Å². The third-order valence-corrected chi connectivity index (χ3v) is 4.53. The maximum absolute atomic E-state index is 14.5. The van der Waals surface area contributed by atoms with Crippen LogP contribution < -0.4 is 10.5 Å². The molecule has 1 unspecified atom stereocenters. The minimum Gasteiger partial charge on any atom is -0.476 e. The minimum atomic E-state index is -2.79. The lowest BCUT2D eigenvalue weighted by molar-refractivity contribution is 0.150. The summed E-state index contributed by atoms with van der Waals surface area (Å²) < 4.78 is 60.6. The van der Waals surface area contributed by atoms with E-state index in [0.29, 0.717) is 18.4 Å². The third kappa shape index (κ3) is 5.05. The topological polar surface area (TPSA) is 61.0 Å². The Morgan fingerprint density at radius 3 is 2.53 bits per heavy atom. The predicted molar refractivity (Wildman–Crippen MR) is 107 cm³/mol. The van der Waals surface area contributed by atoms with Gasteiger partial charge < -0.3 is 10.5 Å². The Labute approximate surface area is 172 Å². The van der Waals surface area contributed by atoms with Crippen LogP contribution in [0, 0.1) is 17.6 Å². The molecule has 0 fully saturated rings. The molecule has 0 saturated heterocycles. The molecular formula is C22H23F4N3O. The summed E-state index contributed by atoms with van der Waals surface area (Å²) in [5.41, 5.74) is 5.56. The number of aromatic nitrogens is 2. The molecule has 0 amide bonds. The van der Waals surface area contributed by atoms with Crippen LogP contribution in [0.1, 0.15) is 39.2 Å². The number of hydrogen-bond acceptors (Lipinski definition) is 4. The molecule has 1 aromatic carbocycles. The van der Waals surface area contributed by atoms with Crippen molar-refractivity contribution in [1.82, 2.24) is 9.97 Å². The highest BCUT2D eigenvalue weighted by molar-refractivity contribution is 5.94. The van der Waals surface area contributed by atoms with Crippen LogP contribution in [0.3, 0.4) is 0 Å². The lowest BCUT2D eigenvalue weighted by atomic mass is 9.93. The van der Waals surface area contributed by atoms with Gasteiger partial charge in [-0.15, -0.1) is 0 Å². The number of nitrogens with two attached hydrogens (primary N) is 1. The zero-order valence-corrected chi connectivity index (χ0v) is 16.9. The smallest absolute Gasteiger partial charge is 0.264 e. The van der Waals surface area contributed by atoms with Crippen LogP contribution in [-0.4, -0.2) is 22.1 Å². The zero-order chi connectivity index (χ0) is 22.1. The van der Waals surface area contributed by atoms with Crippen molar-refractivity contribution in [3.05, 3.63) is 53.7 Å². The summed E-state index contributed by atoms with van der Waals surface area (Å²) >= 11 is 0. The molecule has 0 aliphatic heterocycles. The Morgan fingerprint density at radius 2 is 1.87 bits per heavy atom. The van der Waals surface area contributed by atoms with Crippen LogP contribution in [0.25, 0.3) is 22.2 Å². The van der Waals surface area contributed by atoms with E-state index < -0.39 is 23.6 Å². The fourth-order valence-corrected chi connectivity index (χ4v) is 3.51. The van der Waals surface area contributed by atoms with Crippen molar-refractivity contribution in [2.45, 2.75) is 39.2 Å². The molecule has 30 heavy (non-hydrogen) atoms. The monoisotopic (exact) mass is 421 g/mol. The number of benzene rings is 1. The molecular weight excluding hydrogens is 398 g/mol. The molecule has 0 spiro atoms. The Hall–Kier alpha value is -2.74. The maximum Gasteiger partial charge on any atom is 0.264 e.